The topological polar surface area (TPSA) is 79.8 Å². The fourth-order valence-corrected chi connectivity index (χ4v) is 3.97. The lowest BCUT2D eigenvalue weighted by molar-refractivity contribution is -0.127. The number of carbonyl (C=O) groups is 2. The molecule has 1 fully saturated rings. The van der Waals surface area contributed by atoms with E-state index in [4.69, 9.17) is 27.9 Å². The highest BCUT2D eigenvalue weighted by molar-refractivity contribution is 6.35. The van der Waals surface area contributed by atoms with Gasteiger partial charge in [0.15, 0.2) is 6.10 Å². The van der Waals surface area contributed by atoms with Crippen molar-refractivity contribution in [3.63, 3.8) is 0 Å². The lowest BCUT2D eigenvalue weighted by atomic mass is 9.88. The van der Waals surface area contributed by atoms with Crippen molar-refractivity contribution < 1.29 is 14.3 Å². The predicted molar refractivity (Wildman–Crippen MR) is 129 cm³/mol. The van der Waals surface area contributed by atoms with Crippen LogP contribution in [0.25, 0.3) is 0 Å². The number of carbonyl (C=O) groups excluding carboxylic acids is 2. The Labute approximate surface area is 198 Å². The Kier molecular flexibility index (Phi) is 8.53. The van der Waals surface area contributed by atoms with Crippen LogP contribution in [0.5, 0.6) is 5.75 Å². The molecule has 2 N–H and O–H groups in total. The number of rotatable bonds is 7. The van der Waals surface area contributed by atoms with Crippen LogP contribution in [0.1, 0.15) is 51.5 Å². The molecule has 1 saturated carbocycles. The number of hydrazone groups is 1. The van der Waals surface area contributed by atoms with Gasteiger partial charge >= 0.3 is 0 Å². The van der Waals surface area contributed by atoms with E-state index >= 15 is 0 Å². The molecule has 1 aliphatic carbocycles. The van der Waals surface area contributed by atoms with E-state index in [0.29, 0.717) is 21.5 Å². The molecule has 6 nitrogen and oxygen atoms in total. The van der Waals surface area contributed by atoms with Gasteiger partial charge in [-0.1, -0.05) is 54.6 Å². The van der Waals surface area contributed by atoms with E-state index in [1.807, 2.05) is 24.3 Å². The van der Waals surface area contributed by atoms with Gasteiger partial charge in [-0.25, -0.2) is 5.43 Å². The summed E-state index contributed by atoms with van der Waals surface area (Å²) in [7, 11) is 0. The first-order chi connectivity index (χ1) is 15.3. The van der Waals surface area contributed by atoms with Crippen molar-refractivity contribution in [2.24, 2.45) is 11.0 Å². The number of ether oxygens (including phenoxy) is 1. The largest absolute Gasteiger partial charge is 0.479 e. The van der Waals surface area contributed by atoms with E-state index in [2.05, 4.69) is 15.8 Å². The molecule has 2 aromatic rings. The summed E-state index contributed by atoms with van der Waals surface area (Å²) in [4.78, 5) is 24.7. The van der Waals surface area contributed by atoms with E-state index in [9.17, 15) is 9.59 Å². The summed E-state index contributed by atoms with van der Waals surface area (Å²) in [5, 5.41) is 7.96. The minimum absolute atomic E-state index is 0.0879. The zero-order chi connectivity index (χ0) is 23.1. The fraction of sp³-hybridized carbons (Fsp3) is 0.375. The Bertz CT molecular complexity index is 986. The van der Waals surface area contributed by atoms with Crippen LogP contribution in [0.3, 0.4) is 0 Å². The average Bonchev–Trinajstić information content (AvgIpc) is 2.80. The molecule has 2 amide bonds. The molecule has 32 heavy (non-hydrogen) atoms. The summed E-state index contributed by atoms with van der Waals surface area (Å²) < 4.78 is 5.59. The second-order valence-electron chi connectivity index (χ2n) is 7.91. The van der Waals surface area contributed by atoms with Crippen molar-refractivity contribution in [3.8, 4) is 5.75 Å². The molecule has 0 aromatic heterocycles. The van der Waals surface area contributed by atoms with Crippen LogP contribution in [0.15, 0.2) is 47.6 Å². The van der Waals surface area contributed by atoms with Crippen molar-refractivity contribution in [1.82, 2.24) is 5.43 Å². The number of amides is 2. The smallest absolute Gasteiger partial charge is 0.280 e. The van der Waals surface area contributed by atoms with Crippen molar-refractivity contribution in [3.05, 3.63) is 58.1 Å². The molecule has 2 aromatic carbocycles. The molecule has 3 rings (SSSR count). The first kappa shape index (κ1) is 24.1. The van der Waals surface area contributed by atoms with Crippen LogP contribution in [-0.4, -0.2) is 23.6 Å². The molecule has 0 saturated heterocycles. The number of halogens is 2. The summed E-state index contributed by atoms with van der Waals surface area (Å²) in [6, 6.07) is 12.2. The Morgan fingerprint density at radius 2 is 1.75 bits per heavy atom. The third-order valence-corrected chi connectivity index (χ3v) is 5.98. The zero-order valence-corrected chi connectivity index (χ0v) is 19.7. The van der Waals surface area contributed by atoms with Crippen molar-refractivity contribution in [1.29, 1.82) is 0 Å². The molecule has 0 bridgehead atoms. The highest BCUT2D eigenvalue weighted by Crippen LogP contribution is 2.28. The number of nitrogens with one attached hydrogen (secondary N) is 2. The lowest BCUT2D eigenvalue weighted by Gasteiger charge is -2.20. The van der Waals surface area contributed by atoms with Crippen LogP contribution < -0.4 is 15.5 Å². The monoisotopic (exact) mass is 475 g/mol. The Balaban J connectivity index is 1.53. The SMILES string of the molecule is C/C(=N/NC(=O)C(C)Oc1ccc(Cl)cc1Cl)c1ccc(NC(=O)C2CCCCC2)cc1. The predicted octanol–water partition coefficient (Wildman–Crippen LogP) is 5.82. The Morgan fingerprint density at radius 1 is 1.06 bits per heavy atom. The minimum atomic E-state index is -0.803. The quantitative estimate of drug-likeness (QED) is 0.390. The van der Waals surface area contributed by atoms with Gasteiger partial charge in [-0.2, -0.15) is 5.10 Å². The van der Waals surface area contributed by atoms with Gasteiger partial charge in [0, 0.05) is 16.6 Å². The molecule has 170 valence electrons. The van der Waals surface area contributed by atoms with E-state index in [1.165, 1.54) is 6.42 Å². The maximum Gasteiger partial charge on any atom is 0.280 e. The lowest BCUT2D eigenvalue weighted by Crippen LogP contribution is -2.34. The maximum absolute atomic E-state index is 12.4. The molecule has 1 unspecified atom stereocenters. The van der Waals surface area contributed by atoms with E-state index in [-0.39, 0.29) is 11.8 Å². The Hall–Kier alpha value is -2.57. The molecule has 0 spiro atoms. The van der Waals surface area contributed by atoms with E-state index in [1.54, 1.807) is 32.0 Å². The summed E-state index contributed by atoms with van der Waals surface area (Å²) in [6.45, 7) is 3.40. The van der Waals surface area contributed by atoms with Gasteiger partial charge in [0.05, 0.1) is 10.7 Å². The summed E-state index contributed by atoms with van der Waals surface area (Å²) in [5.74, 6) is 0.149. The van der Waals surface area contributed by atoms with Crippen molar-refractivity contribution in [2.45, 2.75) is 52.1 Å². The minimum Gasteiger partial charge on any atom is -0.479 e. The standard InChI is InChI=1S/C24H27Cl2N3O3/c1-15(28-29-23(30)16(2)32-22-13-10-19(25)14-21(22)26)17-8-11-20(12-9-17)27-24(31)18-6-4-3-5-7-18/h8-14,16,18H,3-7H2,1-2H3,(H,27,31)(H,29,30)/b28-15-. The van der Waals surface area contributed by atoms with Crippen LogP contribution in [0, 0.1) is 5.92 Å². The maximum atomic E-state index is 12.4. The molecule has 1 aliphatic rings. The van der Waals surface area contributed by atoms with Gasteiger partial charge in [-0.15, -0.1) is 0 Å². The number of hydrogen-bond acceptors (Lipinski definition) is 4. The third kappa shape index (κ3) is 6.71. The number of hydrogen-bond donors (Lipinski definition) is 2. The molecule has 0 heterocycles. The van der Waals surface area contributed by atoms with Crippen LogP contribution in [0.4, 0.5) is 5.69 Å². The van der Waals surface area contributed by atoms with Gasteiger partial charge in [0.1, 0.15) is 5.75 Å². The molecule has 1 atom stereocenters. The van der Waals surface area contributed by atoms with Gasteiger partial charge < -0.3 is 10.1 Å². The van der Waals surface area contributed by atoms with E-state index < -0.39 is 12.0 Å². The zero-order valence-electron chi connectivity index (χ0n) is 18.2. The normalized spacial score (nSPS) is 15.7. The first-order valence-corrected chi connectivity index (χ1v) is 11.5. The molecule has 0 aliphatic heterocycles. The molecule has 8 heteroatoms. The average molecular weight is 476 g/mol. The summed E-state index contributed by atoms with van der Waals surface area (Å²) in [6.07, 6.45) is 4.57. The van der Waals surface area contributed by atoms with Crippen LogP contribution in [0.2, 0.25) is 10.0 Å². The number of benzene rings is 2. The first-order valence-electron chi connectivity index (χ1n) is 10.7. The summed E-state index contributed by atoms with van der Waals surface area (Å²) in [5.41, 5.74) is 4.71. The Morgan fingerprint density at radius 3 is 2.41 bits per heavy atom. The molecular formula is C24H27Cl2N3O3. The van der Waals surface area contributed by atoms with Gasteiger partial charge in [-0.3, -0.25) is 9.59 Å². The van der Waals surface area contributed by atoms with Gasteiger partial charge in [0.25, 0.3) is 5.91 Å². The highest BCUT2D eigenvalue weighted by atomic mass is 35.5. The highest BCUT2D eigenvalue weighted by Gasteiger charge is 2.21. The van der Waals surface area contributed by atoms with Crippen LogP contribution in [-0.2, 0) is 9.59 Å². The second-order valence-corrected chi connectivity index (χ2v) is 8.75. The molecular weight excluding hydrogens is 449 g/mol. The third-order valence-electron chi connectivity index (χ3n) is 5.45. The fourth-order valence-electron chi connectivity index (χ4n) is 3.51. The molecule has 0 radical (unpaired) electrons. The number of nitrogens with zero attached hydrogens (tertiary/aromatic N) is 1. The van der Waals surface area contributed by atoms with Crippen LogP contribution >= 0.6 is 23.2 Å². The van der Waals surface area contributed by atoms with Gasteiger partial charge in [-0.05, 0) is 62.6 Å². The van der Waals surface area contributed by atoms with Crippen molar-refractivity contribution in [2.75, 3.05) is 5.32 Å². The number of anilines is 1. The summed E-state index contributed by atoms with van der Waals surface area (Å²) >= 11 is 12.0. The van der Waals surface area contributed by atoms with Crippen molar-refractivity contribution >= 4 is 46.4 Å². The van der Waals surface area contributed by atoms with E-state index in [0.717, 1.165) is 36.9 Å². The second kappa shape index (κ2) is 11.3. The van der Waals surface area contributed by atoms with Gasteiger partial charge in [0.2, 0.25) is 5.91 Å².